The van der Waals surface area contributed by atoms with Crippen LogP contribution in [0.4, 0.5) is 0 Å². The second-order valence-electron chi connectivity index (χ2n) is 12.2. The minimum Gasteiger partial charge on any atom is -0.321 e. The van der Waals surface area contributed by atoms with Crippen LogP contribution in [0.3, 0.4) is 0 Å². The quantitative estimate of drug-likeness (QED) is 0.267. The summed E-state index contributed by atoms with van der Waals surface area (Å²) in [5.74, 6) is 0.775. The van der Waals surface area contributed by atoms with E-state index in [0.29, 0.717) is 5.56 Å². The number of nitrogens with one attached hydrogen (secondary N) is 1. The number of benzene rings is 3. The lowest BCUT2D eigenvalue weighted by molar-refractivity contribution is 0.0850. The SMILES string of the molecule is Cc1cc(C)c2[nH]c(=O)c([C@@H](c3nnnn3C3CCCC3)N3CCN(C(c4ccccc4)c4ccccc4)CC3)cc2c1. The molecule has 1 aliphatic carbocycles. The second-order valence-corrected chi connectivity index (χ2v) is 12.2. The molecule has 0 unspecified atom stereocenters. The van der Waals surface area contributed by atoms with Crippen molar-refractivity contribution >= 4 is 10.9 Å². The lowest BCUT2D eigenvalue weighted by atomic mass is 9.95. The summed E-state index contributed by atoms with van der Waals surface area (Å²) in [7, 11) is 0. The molecule has 0 amide bonds. The van der Waals surface area contributed by atoms with Crippen molar-refractivity contribution in [3.05, 3.63) is 123 Å². The molecule has 3 aromatic carbocycles. The molecule has 3 heterocycles. The molecule has 1 aliphatic heterocycles. The molecule has 0 bridgehead atoms. The second kappa shape index (κ2) is 11.9. The van der Waals surface area contributed by atoms with E-state index in [0.717, 1.165) is 61.3 Å². The Bertz CT molecular complexity index is 1710. The Morgan fingerprint density at radius 3 is 2.02 bits per heavy atom. The third kappa shape index (κ3) is 5.41. The van der Waals surface area contributed by atoms with E-state index in [1.54, 1.807) is 0 Å². The van der Waals surface area contributed by atoms with Gasteiger partial charge in [0.2, 0.25) is 0 Å². The Morgan fingerprint density at radius 1 is 0.791 bits per heavy atom. The van der Waals surface area contributed by atoms with Crippen LogP contribution in [0.15, 0.2) is 83.7 Å². The van der Waals surface area contributed by atoms with Crippen molar-refractivity contribution in [2.45, 2.75) is 57.7 Å². The van der Waals surface area contributed by atoms with E-state index >= 15 is 0 Å². The highest BCUT2D eigenvalue weighted by Gasteiger charge is 2.36. The molecule has 1 saturated carbocycles. The fraction of sp³-hybridized carbons (Fsp3) is 0.371. The fourth-order valence-electron chi connectivity index (χ4n) is 7.33. The zero-order valence-electron chi connectivity index (χ0n) is 25.0. The lowest BCUT2D eigenvalue weighted by Crippen LogP contribution is -2.50. The minimum absolute atomic E-state index is 0.0701. The smallest absolute Gasteiger partial charge is 0.253 e. The number of aromatic nitrogens is 5. The third-order valence-corrected chi connectivity index (χ3v) is 9.36. The number of hydrogen-bond acceptors (Lipinski definition) is 6. The predicted molar refractivity (Wildman–Crippen MR) is 169 cm³/mol. The van der Waals surface area contributed by atoms with Gasteiger partial charge in [-0.15, -0.1) is 5.10 Å². The van der Waals surface area contributed by atoms with Crippen LogP contribution in [0.25, 0.3) is 10.9 Å². The van der Waals surface area contributed by atoms with Crippen molar-refractivity contribution in [2.75, 3.05) is 26.2 Å². The maximum absolute atomic E-state index is 13.9. The van der Waals surface area contributed by atoms with Crippen molar-refractivity contribution in [3.8, 4) is 0 Å². The van der Waals surface area contributed by atoms with E-state index < -0.39 is 0 Å². The van der Waals surface area contributed by atoms with Gasteiger partial charge in [-0.2, -0.15) is 0 Å². The Morgan fingerprint density at radius 2 is 1.40 bits per heavy atom. The molecule has 220 valence electrons. The minimum atomic E-state index is -0.335. The third-order valence-electron chi connectivity index (χ3n) is 9.36. The first-order valence-electron chi connectivity index (χ1n) is 15.6. The molecule has 8 nitrogen and oxygen atoms in total. The van der Waals surface area contributed by atoms with Crippen molar-refractivity contribution in [1.82, 2.24) is 35.0 Å². The molecular weight excluding hydrogens is 534 g/mol. The van der Waals surface area contributed by atoms with E-state index in [4.69, 9.17) is 0 Å². The summed E-state index contributed by atoms with van der Waals surface area (Å²) in [5.41, 5.74) is 6.37. The van der Waals surface area contributed by atoms with Crippen molar-refractivity contribution in [3.63, 3.8) is 0 Å². The zero-order valence-corrected chi connectivity index (χ0v) is 25.0. The predicted octanol–water partition coefficient (Wildman–Crippen LogP) is 5.74. The summed E-state index contributed by atoms with van der Waals surface area (Å²) in [6.07, 6.45) is 4.51. The molecule has 1 atom stereocenters. The number of pyridine rings is 1. The summed E-state index contributed by atoms with van der Waals surface area (Å²) in [4.78, 5) is 22.1. The molecule has 0 radical (unpaired) electrons. The van der Waals surface area contributed by atoms with Gasteiger partial charge in [0.05, 0.1) is 17.6 Å². The number of fused-ring (bicyclic) bond motifs is 1. The molecule has 2 fully saturated rings. The van der Waals surface area contributed by atoms with Gasteiger partial charge in [0, 0.05) is 31.7 Å². The van der Waals surface area contributed by atoms with Crippen LogP contribution < -0.4 is 5.56 Å². The van der Waals surface area contributed by atoms with E-state index in [2.05, 4.69) is 123 Å². The van der Waals surface area contributed by atoms with Crippen molar-refractivity contribution in [2.24, 2.45) is 0 Å². The van der Waals surface area contributed by atoms with Gasteiger partial charge in [0.15, 0.2) is 5.82 Å². The average molecular weight is 574 g/mol. The Hall–Kier alpha value is -4.14. The highest BCUT2D eigenvalue weighted by atomic mass is 16.1. The van der Waals surface area contributed by atoms with E-state index in [1.165, 1.54) is 29.5 Å². The van der Waals surface area contributed by atoms with Crippen LogP contribution in [-0.2, 0) is 0 Å². The van der Waals surface area contributed by atoms with Crippen molar-refractivity contribution in [1.29, 1.82) is 0 Å². The van der Waals surface area contributed by atoms with Gasteiger partial charge in [-0.1, -0.05) is 85.1 Å². The van der Waals surface area contributed by atoms with E-state index in [-0.39, 0.29) is 23.7 Å². The van der Waals surface area contributed by atoms with Crippen LogP contribution in [0.2, 0.25) is 0 Å². The molecule has 5 aromatic rings. The monoisotopic (exact) mass is 573 g/mol. The van der Waals surface area contributed by atoms with Gasteiger partial charge in [-0.25, -0.2) is 4.68 Å². The van der Waals surface area contributed by atoms with Gasteiger partial charge in [-0.3, -0.25) is 14.6 Å². The van der Waals surface area contributed by atoms with Gasteiger partial charge in [0.1, 0.15) is 6.04 Å². The molecule has 0 spiro atoms. The normalized spacial score (nSPS) is 17.7. The summed E-state index contributed by atoms with van der Waals surface area (Å²) in [5, 5.41) is 14.3. The number of rotatable bonds is 7. The highest BCUT2D eigenvalue weighted by molar-refractivity contribution is 5.83. The van der Waals surface area contributed by atoms with Gasteiger partial charge in [-0.05, 0) is 71.3 Å². The Balaban J connectivity index is 1.26. The van der Waals surface area contributed by atoms with E-state index in [1.807, 2.05) is 4.68 Å². The topological polar surface area (TPSA) is 82.9 Å². The zero-order chi connectivity index (χ0) is 29.3. The number of aromatic amines is 1. The maximum Gasteiger partial charge on any atom is 0.253 e. The van der Waals surface area contributed by atoms with Crippen LogP contribution >= 0.6 is 0 Å². The summed E-state index contributed by atoms with van der Waals surface area (Å²) >= 11 is 0. The summed E-state index contributed by atoms with van der Waals surface area (Å²) in [6, 6.07) is 28.0. The number of tetrazole rings is 1. The van der Waals surface area contributed by atoms with Crippen LogP contribution in [0.5, 0.6) is 0 Å². The highest BCUT2D eigenvalue weighted by Crippen LogP contribution is 2.36. The fourth-order valence-corrected chi connectivity index (χ4v) is 7.33. The lowest BCUT2D eigenvalue weighted by Gasteiger charge is -2.42. The van der Waals surface area contributed by atoms with Gasteiger partial charge < -0.3 is 4.98 Å². The average Bonchev–Trinajstić information content (AvgIpc) is 3.73. The van der Waals surface area contributed by atoms with Gasteiger partial charge >= 0.3 is 0 Å². The molecule has 1 N–H and O–H groups in total. The number of hydrogen-bond donors (Lipinski definition) is 1. The van der Waals surface area contributed by atoms with Crippen LogP contribution in [-0.4, -0.2) is 61.2 Å². The Kier molecular flexibility index (Phi) is 7.63. The molecule has 43 heavy (non-hydrogen) atoms. The molecule has 7 rings (SSSR count). The number of nitrogens with zero attached hydrogens (tertiary/aromatic N) is 6. The van der Waals surface area contributed by atoms with Crippen LogP contribution in [0, 0.1) is 13.8 Å². The molecule has 2 aromatic heterocycles. The number of aryl methyl sites for hydroxylation is 2. The largest absolute Gasteiger partial charge is 0.321 e. The Labute approximate surface area is 252 Å². The number of piperazine rings is 1. The first-order chi connectivity index (χ1) is 21.1. The summed E-state index contributed by atoms with van der Waals surface area (Å²) in [6.45, 7) is 7.47. The van der Waals surface area contributed by atoms with Crippen LogP contribution in [0.1, 0.15) is 77.5 Å². The number of H-pyrrole nitrogens is 1. The van der Waals surface area contributed by atoms with Crippen molar-refractivity contribution < 1.29 is 0 Å². The first-order valence-corrected chi connectivity index (χ1v) is 15.6. The molecule has 1 saturated heterocycles. The first kappa shape index (κ1) is 27.7. The molecular formula is C35H39N7O. The van der Waals surface area contributed by atoms with Gasteiger partial charge in [0.25, 0.3) is 5.56 Å². The maximum atomic E-state index is 13.9. The van der Waals surface area contributed by atoms with E-state index in [9.17, 15) is 4.79 Å². The molecule has 8 heteroatoms. The molecule has 2 aliphatic rings. The summed E-state index contributed by atoms with van der Waals surface area (Å²) < 4.78 is 2.02. The standard InChI is InChI=1S/C35H39N7O/c1-24-21-25(2)31-28(22-24)23-30(35(43)36-31)33(34-37-38-39-42(34)29-15-9-10-16-29)41-19-17-40(18-20-41)32(26-11-5-3-6-12-26)27-13-7-4-8-14-27/h3-8,11-14,21-23,29,32-33H,9-10,15-20H2,1-2H3,(H,36,43)/t33-/m0/s1.